The van der Waals surface area contributed by atoms with Gasteiger partial charge in [-0.05, 0) is 65.7 Å². The Kier molecular flexibility index (Phi) is 5.16. The van der Waals surface area contributed by atoms with Crippen LogP contribution in [-0.2, 0) is 0 Å². The molecule has 0 amide bonds. The number of anilines is 3. The maximum absolute atomic E-state index is 6.53. The van der Waals surface area contributed by atoms with E-state index in [0.717, 1.165) is 71.8 Å². The highest BCUT2D eigenvalue weighted by atomic mass is 16.3. The molecule has 0 aliphatic heterocycles. The Bertz CT molecular complexity index is 2450. The maximum Gasteiger partial charge on any atom is 0.146 e. The molecular formula is C39H24N2O2. The molecule has 0 bridgehead atoms. The lowest BCUT2D eigenvalue weighted by Crippen LogP contribution is -2.09. The zero-order chi connectivity index (χ0) is 28.3. The van der Waals surface area contributed by atoms with Crippen LogP contribution in [0.1, 0.15) is 0 Å². The number of para-hydroxylation sites is 2. The van der Waals surface area contributed by atoms with E-state index in [2.05, 4.69) is 107 Å². The van der Waals surface area contributed by atoms with Gasteiger partial charge in [-0.15, -0.1) is 0 Å². The van der Waals surface area contributed by atoms with Crippen molar-refractivity contribution in [1.82, 2.24) is 4.98 Å². The Morgan fingerprint density at radius 2 is 1.00 bits per heavy atom. The smallest absolute Gasteiger partial charge is 0.146 e. The summed E-state index contributed by atoms with van der Waals surface area (Å²) in [5.74, 6) is 0. The molecule has 0 N–H and O–H groups in total. The van der Waals surface area contributed by atoms with Crippen molar-refractivity contribution in [2.75, 3.05) is 4.90 Å². The van der Waals surface area contributed by atoms with Gasteiger partial charge < -0.3 is 13.7 Å². The summed E-state index contributed by atoms with van der Waals surface area (Å²) in [6.45, 7) is 0. The van der Waals surface area contributed by atoms with Gasteiger partial charge in [-0.3, -0.25) is 4.98 Å². The highest BCUT2D eigenvalue weighted by molar-refractivity contribution is 6.14. The Hall–Kier alpha value is -5.87. The first-order chi connectivity index (χ1) is 21.3. The molecule has 9 rings (SSSR count). The van der Waals surface area contributed by atoms with E-state index in [9.17, 15) is 0 Å². The highest BCUT2D eigenvalue weighted by Crippen LogP contribution is 2.41. The van der Waals surface area contributed by atoms with Crippen LogP contribution in [0.15, 0.2) is 155 Å². The van der Waals surface area contributed by atoms with Crippen LogP contribution in [0.5, 0.6) is 0 Å². The van der Waals surface area contributed by atoms with Gasteiger partial charge in [0.2, 0.25) is 0 Å². The lowest BCUT2D eigenvalue weighted by atomic mass is 10.0. The third-order valence-electron chi connectivity index (χ3n) is 8.30. The second kappa shape index (κ2) is 9.33. The summed E-state index contributed by atoms with van der Waals surface area (Å²) in [6, 6.07) is 48.3. The van der Waals surface area contributed by atoms with Gasteiger partial charge in [0.1, 0.15) is 22.3 Å². The Balaban J connectivity index is 1.23. The van der Waals surface area contributed by atoms with Crippen molar-refractivity contribution in [3.63, 3.8) is 0 Å². The number of hydrogen-bond donors (Lipinski definition) is 0. The molecule has 0 saturated carbocycles. The third kappa shape index (κ3) is 3.81. The topological polar surface area (TPSA) is 42.4 Å². The summed E-state index contributed by atoms with van der Waals surface area (Å²) in [4.78, 5) is 6.94. The van der Waals surface area contributed by atoms with Crippen LogP contribution in [0.3, 0.4) is 0 Å². The molecule has 3 heterocycles. The second-order valence-corrected chi connectivity index (χ2v) is 10.8. The van der Waals surface area contributed by atoms with Crippen molar-refractivity contribution < 1.29 is 8.83 Å². The number of rotatable bonds is 4. The van der Waals surface area contributed by atoms with Crippen molar-refractivity contribution in [2.24, 2.45) is 0 Å². The monoisotopic (exact) mass is 552 g/mol. The van der Waals surface area contributed by atoms with Gasteiger partial charge >= 0.3 is 0 Å². The Morgan fingerprint density at radius 3 is 1.79 bits per heavy atom. The lowest BCUT2D eigenvalue weighted by Gasteiger charge is -2.25. The lowest BCUT2D eigenvalue weighted by molar-refractivity contribution is 0.669. The quantitative estimate of drug-likeness (QED) is 0.218. The summed E-state index contributed by atoms with van der Waals surface area (Å²) >= 11 is 0. The normalized spacial score (nSPS) is 11.7. The standard InChI is InChI=1S/C39H24N2O2/c1-2-8-25(9-3-1)26-14-16-27(17-15-26)41(28-18-20-31-30-10-5-7-13-36(30)42-37(31)22-28)29-19-21-32-34-24-40-35-12-6-4-11-33(35)39(34)43-38(32)23-29/h1-24H. The van der Waals surface area contributed by atoms with Crippen molar-refractivity contribution in [1.29, 1.82) is 0 Å². The van der Waals surface area contributed by atoms with Crippen molar-refractivity contribution >= 4 is 71.8 Å². The highest BCUT2D eigenvalue weighted by Gasteiger charge is 2.18. The van der Waals surface area contributed by atoms with Crippen LogP contribution in [0.2, 0.25) is 0 Å². The fourth-order valence-electron chi connectivity index (χ4n) is 6.22. The van der Waals surface area contributed by atoms with E-state index in [1.54, 1.807) is 0 Å². The predicted molar refractivity (Wildman–Crippen MR) is 176 cm³/mol. The van der Waals surface area contributed by atoms with Crippen LogP contribution in [0, 0.1) is 0 Å². The number of hydrogen-bond acceptors (Lipinski definition) is 4. The van der Waals surface area contributed by atoms with Crippen LogP contribution >= 0.6 is 0 Å². The largest absolute Gasteiger partial charge is 0.456 e. The van der Waals surface area contributed by atoms with E-state index < -0.39 is 0 Å². The average Bonchev–Trinajstić information content (AvgIpc) is 3.63. The number of fused-ring (bicyclic) bond motifs is 8. The Labute approximate surface area is 247 Å². The first-order valence-electron chi connectivity index (χ1n) is 14.4. The zero-order valence-electron chi connectivity index (χ0n) is 23.1. The first kappa shape index (κ1) is 23.8. The minimum absolute atomic E-state index is 0.821. The summed E-state index contributed by atoms with van der Waals surface area (Å²) in [5.41, 5.74) is 9.74. The second-order valence-electron chi connectivity index (χ2n) is 10.8. The van der Waals surface area contributed by atoms with E-state index in [1.807, 2.05) is 48.7 Å². The molecule has 9 aromatic rings. The first-order valence-corrected chi connectivity index (χ1v) is 14.4. The van der Waals surface area contributed by atoms with E-state index in [1.165, 1.54) is 11.1 Å². The predicted octanol–water partition coefficient (Wildman–Crippen LogP) is 11.2. The molecule has 0 atom stereocenters. The number of nitrogens with zero attached hydrogens (tertiary/aromatic N) is 2. The van der Waals surface area contributed by atoms with Gasteiger partial charge in [0, 0.05) is 62.3 Å². The molecule has 0 aliphatic carbocycles. The van der Waals surface area contributed by atoms with Gasteiger partial charge in [0.25, 0.3) is 0 Å². The number of furan rings is 2. The van der Waals surface area contributed by atoms with Crippen LogP contribution in [0.25, 0.3) is 65.9 Å². The number of benzene rings is 6. The minimum Gasteiger partial charge on any atom is -0.456 e. The maximum atomic E-state index is 6.53. The summed E-state index contributed by atoms with van der Waals surface area (Å²) in [7, 11) is 0. The molecule has 0 aliphatic rings. The van der Waals surface area contributed by atoms with Crippen LogP contribution in [-0.4, -0.2) is 4.98 Å². The average molecular weight is 553 g/mol. The number of pyridine rings is 1. The summed E-state index contributed by atoms with van der Waals surface area (Å²) < 4.78 is 12.8. The molecule has 0 radical (unpaired) electrons. The molecule has 4 nitrogen and oxygen atoms in total. The molecule has 6 aromatic carbocycles. The summed E-state index contributed by atoms with van der Waals surface area (Å²) in [6.07, 6.45) is 1.92. The Morgan fingerprint density at radius 1 is 0.419 bits per heavy atom. The molecule has 3 aromatic heterocycles. The molecule has 0 spiro atoms. The van der Waals surface area contributed by atoms with Crippen molar-refractivity contribution in [3.8, 4) is 11.1 Å². The van der Waals surface area contributed by atoms with Gasteiger partial charge in [-0.2, -0.15) is 0 Å². The van der Waals surface area contributed by atoms with Gasteiger partial charge in [-0.25, -0.2) is 0 Å². The van der Waals surface area contributed by atoms with E-state index in [-0.39, 0.29) is 0 Å². The van der Waals surface area contributed by atoms with Gasteiger partial charge in [0.05, 0.1) is 5.52 Å². The van der Waals surface area contributed by atoms with Crippen LogP contribution in [0.4, 0.5) is 17.1 Å². The SMILES string of the molecule is c1ccc(-c2ccc(N(c3ccc4c(c3)oc3ccccc34)c3ccc4c(c3)oc3c5ccccc5ncc43)cc2)cc1. The van der Waals surface area contributed by atoms with Gasteiger partial charge in [-0.1, -0.05) is 72.8 Å². The molecule has 202 valence electrons. The van der Waals surface area contributed by atoms with Gasteiger partial charge in [0.15, 0.2) is 0 Å². The molecule has 0 saturated heterocycles. The molecule has 0 unspecified atom stereocenters. The zero-order valence-corrected chi connectivity index (χ0v) is 23.1. The third-order valence-corrected chi connectivity index (χ3v) is 8.30. The fourth-order valence-corrected chi connectivity index (χ4v) is 6.22. The van der Waals surface area contributed by atoms with E-state index >= 15 is 0 Å². The van der Waals surface area contributed by atoms with Crippen molar-refractivity contribution in [3.05, 3.63) is 146 Å². The molecule has 4 heteroatoms. The molecule has 43 heavy (non-hydrogen) atoms. The molecular weight excluding hydrogens is 528 g/mol. The van der Waals surface area contributed by atoms with E-state index in [4.69, 9.17) is 8.83 Å². The van der Waals surface area contributed by atoms with Crippen LogP contribution < -0.4 is 4.90 Å². The molecule has 0 fully saturated rings. The van der Waals surface area contributed by atoms with E-state index in [0.29, 0.717) is 0 Å². The minimum atomic E-state index is 0.821. The fraction of sp³-hybridized carbons (Fsp3) is 0. The number of aromatic nitrogens is 1. The summed E-state index contributed by atoms with van der Waals surface area (Å²) in [5, 5.41) is 5.30. The van der Waals surface area contributed by atoms with Crippen molar-refractivity contribution in [2.45, 2.75) is 0 Å².